The molecule has 0 bridgehead atoms. The summed E-state index contributed by atoms with van der Waals surface area (Å²) >= 11 is 0. The fourth-order valence-corrected chi connectivity index (χ4v) is 1.41. The third kappa shape index (κ3) is 2.17. The third-order valence-electron chi connectivity index (χ3n) is 2.25. The fourth-order valence-electron chi connectivity index (χ4n) is 1.41. The molecule has 1 aromatic rings. The molecule has 0 aliphatic carbocycles. The Morgan fingerprint density at radius 1 is 1.33 bits per heavy atom. The van der Waals surface area contributed by atoms with Crippen molar-refractivity contribution in [2.45, 2.75) is 6.10 Å². The highest BCUT2D eigenvalue weighted by Gasteiger charge is 2.21. The van der Waals surface area contributed by atoms with Crippen LogP contribution in [0.4, 0.5) is 0 Å². The number of hydrogen-bond acceptors (Lipinski definition) is 3. The molecule has 1 aliphatic rings. The second-order valence-electron chi connectivity index (χ2n) is 3.25. The summed E-state index contributed by atoms with van der Waals surface area (Å²) in [6.45, 7) is 0.287. The van der Waals surface area contributed by atoms with Gasteiger partial charge < -0.3 is 9.47 Å². The van der Waals surface area contributed by atoms with E-state index in [-0.39, 0.29) is 25.3 Å². The lowest BCUT2D eigenvalue weighted by molar-refractivity contribution is -0.168. The molecule has 1 heterocycles. The van der Waals surface area contributed by atoms with Crippen molar-refractivity contribution < 1.29 is 14.3 Å². The lowest BCUT2D eigenvalue weighted by atomic mass is 10.1. The molecule has 0 aromatic heterocycles. The average molecular weight is 202 g/mol. The van der Waals surface area contributed by atoms with Gasteiger partial charge in [-0.25, -0.2) is 4.79 Å². The average Bonchev–Trinajstić information content (AvgIpc) is 2.30. The molecular weight excluding hydrogens is 192 g/mol. The Kier molecular flexibility index (Phi) is 2.70. The predicted molar refractivity (Wildman–Crippen MR) is 54.0 cm³/mol. The van der Waals surface area contributed by atoms with Crippen LogP contribution in [-0.2, 0) is 14.3 Å². The normalized spacial score (nSPS) is 20.5. The Morgan fingerprint density at radius 3 is 2.60 bits per heavy atom. The molecule has 3 nitrogen and oxygen atoms in total. The summed E-state index contributed by atoms with van der Waals surface area (Å²) < 4.78 is 10.2. The van der Waals surface area contributed by atoms with Crippen molar-refractivity contribution in [2.24, 2.45) is 0 Å². The minimum absolute atomic E-state index is 0.0154. The van der Waals surface area contributed by atoms with Crippen LogP contribution in [0, 0.1) is 12.3 Å². The first-order chi connectivity index (χ1) is 7.29. The van der Waals surface area contributed by atoms with E-state index < -0.39 is 0 Å². The summed E-state index contributed by atoms with van der Waals surface area (Å²) in [4.78, 5) is 10.8. The molecule has 76 valence electrons. The van der Waals surface area contributed by atoms with E-state index in [1.807, 2.05) is 24.3 Å². The van der Waals surface area contributed by atoms with Gasteiger partial charge >= 0.3 is 5.97 Å². The van der Waals surface area contributed by atoms with Gasteiger partial charge in [-0.15, -0.1) is 6.42 Å². The topological polar surface area (TPSA) is 35.5 Å². The zero-order chi connectivity index (χ0) is 10.7. The summed E-state index contributed by atoms with van der Waals surface area (Å²) in [6, 6.07) is 7.46. The number of cyclic esters (lactones) is 1. The number of ether oxygens (including phenoxy) is 2. The van der Waals surface area contributed by atoms with Crippen molar-refractivity contribution in [3.63, 3.8) is 0 Å². The second kappa shape index (κ2) is 4.16. The molecule has 1 aromatic carbocycles. The van der Waals surface area contributed by atoms with Crippen molar-refractivity contribution in [1.29, 1.82) is 0 Å². The van der Waals surface area contributed by atoms with E-state index in [2.05, 4.69) is 5.92 Å². The van der Waals surface area contributed by atoms with Gasteiger partial charge in [0.1, 0.15) is 19.3 Å². The summed E-state index contributed by atoms with van der Waals surface area (Å²) in [5.74, 6) is 2.22. The Hall–Kier alpha value is -1.79. The monoisotopic (exact) mass is 202 g/mol. The molecule has 0 spiro atoms. The molecule has 1 fully saturated rings. The Balaban J connectivity index is 2.10. The van der Waals surface area contributed by atoms with Crippen LogP contribution in [0.3, 0.4) is 0 Å². The van der Waals surface area contributed by atoms with Crippen molar-refractivity contribution in [1.82, 2.24) is 0 Å². The van der Waals surface area contributed by atoms with Gasteiger partial charge in [0.05, 0.1) is 0 Å². The highest BCUT2D eigenvalue weighted by molar-refractivity contribution is 5.71. The van der Waals surface area contributed by atoms with Crippen molar-refractivity contribution >= 4 is 5.97 Å². The van der Waals surface area contributed by atoms with Crippen LogP contribution in [0.2, 0.25) is 0 Å². The molecule has 15 heavy (non-hydrogen) atoms. The van der Waals surface area contributed by atoms with Crippen LogP contribution in [0.25, 0.3) is 0 Å². The minimum Gasteiger partial charge on any atom is -0.461 e. The number of hydrogen-bond donors (Lipinski definition) is 0. The van der Waals surface area contributed by atoms with Crippen molar-refractivity contribution in [3.05, 3.63) is 35.4 Å². The van der Waals surface area contributed by atoms with Gasteiger partial charge in [-0.2, -0.15) is 0 Å². The maximum absolute atomic E-state index is 10.8. The number of rotatable bonds is 1. The van der Waals surface area contributed by atoms with E-state index in [4.69, 9.17) is 15.9 Å². The zero-order valence-corrected chi connectivity index (χ0v) is 8.10. The van der Waals surface area contributed by atoms with E-state index in [0.717, 1.165) is 11.1 Å². The predicted octanol–water partition coefficient (Wildman–Crippen LogP) is 1.28. The highest BCUT2D eigenvalue weighted by atomic mass is 16.6. The molecule has 0 N–H and O–H groups in total. The molecule has 0 unspecified atom stereocenters. The smallest absolute Gasteiger partial charge is 0.332 e. The largest absolute Gasteiger partial charge is 0.461 e. The number of benzene rings is 1. The SMILES string of the molecule is C#Cc1ccc([C@@H]2COC(=O)CO2)cc1. The number of carbonyl (C=O) groups excluding carboxylic acids is 1. The van der Waals surface area contributed by atoms with Gasteiger partial charge in [0, 0.05) is 5.56 Å². The first-order valence-electron chi connectivity index (χ1n) is 4.63. The third-order valence-corrected chi connectivity index (χ3v) is 2.25. The highest BCUT2D eigenvalue weighted by Crippen LogP contribution is 2.21. The number of terminal acetylenes is 1. The fraction of sp³-hybridized carbons (Fsp3) is 0.250. The van der Waals surface area contributed by atoms with E-state index in [0.29, 0.717) is 0 Å². The molecule has 1 aliphatic heterocycles. The summed E-state index contributed by atoms with van der Waals surface area (Å²) in [6.07, 6.45) is 5.07. The molecule has 3 heteroatoms. The Morgan fingerprint density at radius 2 is 2.07 bits per heavy atom. The molecule has 2 rings (SSSR count). The van der Waals surface area contributed by atoms with Gasteiger partial charge in [0.25, 0.3) is 0 Å². The van der Waals surface area contributed by atoms with E-state index in [9.17, 15) is 4.79 Å². The molecule has 1 atom stereocenters. The molecule has 0 radical (unpaired) electrons. The van der Waals surface area contributed by atoms with E-state index >= 15 is 0 Å². The van der Waals surface area contributed by atoms with Crippen LogP contribution >= 0.6 is 0 Å². The minimum atomic E-state index is -0.313. The Labute approximate surface area is 88.0 Å². The summed E-state index contributed by atoms with van der Waals surface area (Å²) in [7, 11) is 0. The molecule has 0 amide bonds. The van der Waals surface area contributed by atoms with Gasteiger partial charge in [0.15, 0.2) is 0 Å². The Bertz CT molecular complexity index is 390. The molecule has 0 saturated carbocycles. The first-order valence-corrected chi connectivity index (χ1v) is 4.63. The number of carbonyl (C=O) groups is 1. The second-order valence-corrected chi connectivity index (χ2v) is 3.25. The van der Waals surface area contributed by atoms with Gasteiger partial charge in [-0.1, -0.05) is 18.1 Å². The molecule has 1 saturated heterocycles. The van der Waals surface area contributed by atoms with E-state index in [1.165, 1.54) is 0 Å². The van der Waals surface area contributed by atoms with Crippen LogP contribution in [0.15, 0.2) is 24.3 Å². The van der Waals surface area contributed by atoms with Crippen LogP contribution in [0.1, 0.15) is 17.2 Å². The maximum Gasteiger partial charge on any atom is 0.332 e. The van der Waals surface area contributed by atoms with Gasteiger partial charge in [-0.3, -0.25) is 0 Å². The summed E-state index contributed by atoms with van der Waals surface area (Å²) in [5, 5.41) is 0. The van der Waals surface area contributed by atoms with Crippen LogP contribution in [-0.4, -0.2) is 19.2 Å². The zero-order valence-electron chi connectivity index (χ0n) is 8.10. The molecular formula is C12H10O3. The van der Waals surface area contributed by atoms with Gasteiger partial charge in [-0.05, 0) is 17.7 Å². The van der Waals surface area contributed by atoms with Gasteiger partial charge in [0.2, 0.25) is 0 Å². The lowest BCUT2D eigenvalue weighted by Crippen LogP contribution is -2.26. The standard InChI is InChI=1S/C12H10O3/c1-2-9-3-5-10(6-4-9)11-7-15-12(13)8-14-11/h1,3-6,11H,7-8H2/t11-/m0/s1. The van der Waals surface area contributed by atoms with Crippen LogP contribution in [0.5, 0.6) is 0 Å². The van der Waals surface area contributed by atoms with E-state index in [1.54, 1.807) is 0 Å². The van der Waals surface area contributed by atoms with Crippen LogP contribution < -0.4 is 0 Å². The van der Waals surface area contributed by atoms with Crippen molar-refractivity contribution in [2.75, 3.05) is 13.2 Å². The number of esters is 1. The lowest BCUT2D eigenvalue weighted by Gasteiger charge is -2.22. The first kappa shape index (κ1) is 9.75. The maximum atomic E-state index is 10.8. The van der Waals surface area contributed by atoms with Crippen molar-refractivity contribution in [3.8, 4) is 12.3 Å². The quantitative estimate of drug-likeness (QED) is 0.508. The summed E-state index contributed by atoms with van der Waals surface area (Å²) in [5.41, 5.74) is 1.80.